The molecular weight excluding hydrogens is 306 g/mol. The van der Waals surface area contributed by atoms with Crippen LogP contribution in [0, 0.1) is 0 Å². The van der Waals surface area contributed by atoms with Gasteiger partial charge in [-0.05, 0) is 37.1 Å². The van der Waals surface area contributed by atoms with Gasteiger partial charge in [-0.25, -0.2) is 0 Å². The Kier molecular flexibility index (Phi) is 6.31. The minimum atomic E-state index is 0.121. The summed E-state index contributed by atoms with van der Waals surface area (Å²) in [7, 11) is 0. The maximum atomic E-state index is 6.26. The van der Waals surface area contributed by atoms with E-state index in [1.165, 1.54) is 5.56 Å². The lowest BCUT2D eigenvalue weighted by Crippen LogP contribution is -2.30. The fourth-order valence-corrected chi connectivity index (χ4v) is 2.51. The molecule has 1 aliphatic rings. The van der Waals surface area contributed by atoms with Crippen LogP contribution in [-0.2, 0) is 9.47 Å². The van der Waals surface area contributed by atoms with E-state index < -0.39 is 0 Å². The molecule has 0 saturated carbocycles. The molecule has 0 amide bonds. The van der Waals surface area contributed by atoms with E-state index in [1.54, 1.807) is 0 Å². The fraction of sp³-hybridized carbons (Fsp3) is 0.600. The first-order valence-corrected chi connectivity index (χ1v) is 7.78. The highest BCUT2D eigenvalue weighted by Crippen LogP contribution is 2.24. The van der Waals surface area contributed by atoms with E-state index in [1.807, 2.05) is 0 Å². The van der Waals surface area contributed by atoms with Crippen LogP contribution in [0.3, 0.4) is 0 Å². The van der Waals surface area contributed by atoms with Crippen LogP contribution in [0.5, 0.6) is 0 Å². The van der Waals surface area contributed by atoms with Crippen LogP contribution in [0.1, 0.15) is 31.4 Å². The van der Waals surface area contributed by atoms with Gasteiger partial charge in [0.05, 0.1) is 12.2 Å². The van der Waals surface area contributed by atoms with Gasteiger partial charge in [-0.2, -0.15) is 0 Å². The average molecular weight is 328 g/mol. The van der Waals surface area contributed by atoms with Gasteiger partial charge >= 0.3 is 0 Å². The van der Waals surface area contributed by atoms with E-state index in [0.717, 1.165) is 43.6 Å². The number of halogens is 1. The summed E-state index contributed by atoms with van der Waals surface area (Å²) in [6, 6.07) is 8.40. The summed E-state index contributed by atoms with van der Waals surface area (Å²) in [5, 5.41) is 3.38. The number of benzene rings is 1. The van der Waals surface area contributed by atoms with Gasteiger partial charge in [-0.15, -0.1) is 0 Å². The van der Waals surface area contributed by atoms with Crippen molar-refractivity contribution in [2.24, 2.45) is 0 Å². The second kappa shape index (κ2) is 8.00. The molecule has 1 unspecified atom stereocenters. The van der Waals surface area contributed by atoms with E-state index >= 15 is 0 Å². The van der Waals surface area contributed by atoms with Crippen molar-refractivity contribution in [2.75, 3.05) is 26.3 Å². The Morgan fingerprint density at radius 2 is 2.00 bits per heavy atom. The first-order valence-electron chi connectivity index (χ1n) is 6.99. The minimum absolute atomic E-state index is 0.121. The van der Waals surface area contributed by atoms with E-state index in [4.69, 9.17) is 9.47 Å². The molecular formula is C15H22BrNO2. The number of rotatable bonds is 6. The summed E-state index contributed by atoms with van der Waals surface area (Å²) in [4.78, 5) is 0. The lowest BCUT2D eigenvalue weighted by Gasteiger charge is -2.28. The summed E-state index contributed by atoms with van der Waals surface area (Å²) in [6.45, 7) is 5.57. The molecule has 1 aromatic rings. The summed E-state index contributed by atoms with van der Waals surface area (Å²) in [5.74, 6) is 0. The Morgan fingerprint density at radius 1 is 1.32 bits per heavy atom. The lowest BCUT2D eigenvalue weighted by molar-refractivity contribution is -0.0687. The van der Waals surface area contributed by atoms with Crippen LogP contribution >= 0.6 is 15.9 Å². The van der Waals surface area contributed by atoms with Crippen molar-refractivity contribution in [3.05, 3.63) is 34.3 Å². The van der Waals surface area contributed by atoms with Crippen LogP contribution in [0.25, 0.3) is 0 Å². The van der Waals surface area contributed by atoms with E-state index in [9.17, 15) is 0 Å². The number of likely N-dealkylation sites (N-methyl/N-ethyl adjacent to an activating group) is 1. The average Bonchev–Trinajstić information content (AvgIpc) is 2.45. The third kappa shape index (κ3) is 4.88. The first kappa shape index (κ1) is 15.0. The number of hydrogen-bond donors (Lipinski definition) is 1. The van der Waals surface area contributed by atoms with Gasteiger partial charge in [0.25, 0.3) is 0 Å². The monoisotopic (exact) mass is 327 g/mol. The normalized spacial score (nSPS) is 18.4. The molecule has 1 atom stereocenters. The standard InChI is InChI=1S/C15H22BrNO2/c1-2-17-11-15(12-3-5-13(16)6-4-12)19-14-7-9-18-10-8-14/h3-6,14-15,17H,2,7-11H2,1H3. The molecule has 1 saturated heterocycles. The molecule has 0 bridgehead atoms. The van der Waals surface area contributed by atoms with E-state index in [-0.39, 0.29) is 6.10 Å². The molecule has 1 aliphatic heterocycles. The fourth-order valence-electron chi connectivity index (χ4n) is 2.24. The Balaban J connectivity index is 1.99. The second-order valence-corrected chi connectivity index (χ2v) is 5.71. The van der Waals surface area contributed by atoms with Crippen LogP contribution in [0.15, 0.2) is 28.7 Å². The van der Waals surface area contributed by atoms with Crippen molar-refractivity contribution in [1.82, 2.24) is 5.32 Å². The summed E-state index contributed by atoms with van der Waals surface area (Å²) < 4.78 is 12.7. The highest BCUT2D eigenvalue weighted by molar-refractivity contribution is 9.10. The van der Waals surface area contributed by atoms with Crippen molar-refractivity contribution < 1.29 is 9.47 Å². The summed E-state index contributed by atoms with van der Waals surface area (Å²) in [5.41, 5.74) is 1.23. The molecule has 1 N–H and O–H groups in total. The molecule has 0 aromatic heterocycles. The zero-order chi connectivity index (χ0) is 13.5. The Hall–Kier alpha value is -0.420. The molecule has 3 nitrogen and oxygen atoms in total. The molecule has 0 radical (unpaired) electrons. The molecule has 0 spiro atoms. The maximum absolute atomic E-state index is 6.26. The van der Waals surface area contributed by atoms with Gasteiger partial charge in [0.2, 0.25) is 0 Å². The zero-order valence-electron chi connectivity index (χ0n) is 11.4. The second-order valence-electron chi connectivity index (χ2n) is 4.80. The van der Waals surface area contributed by atoms with E-state index in [2.05, 4.69) is 52.4 Å². The van der Waals surface area contributed by atoms with Gasteiger partial charge < -0.3 is 14.8 Å². The van der Waals surface area contributed by atoms with E-state index in [0.29, 0.717) is 6.10 Å². The highest BCUT2D eigenvalue weighted by atomic mass is 79.9. The van der Waals surface area contributed by atoms with Crippen molar-refractivity contribution in [2.45, 2.75) is 32.0 Å². The predicted molar refractivity (Wildman–Crippen MR) is 80.4 cm³/mol. The molecule has 1 aromatic carbocycles. The number of ether oxygens (including phenoxy) is 2. The van der Waals surface area contributed by atoms with Gasteiger partial charge in [0.1, 0.15) is 0 Å². The Morgan fingerprint density at radius 3 is 2.63 bits per heavy atom. The maximum Gasteiger partial charge on any atom is 0.0953 e. The molecule has 19 heavy (non-hydrogen) atoms. The third-order valence-electron chi connectivity index (χ3n) is 3.35. The number of nitrogens with one attached hydrogen (secondary N) is 1. The molecule has 106 valence electrons. The minimum Gasteiger partial charge on any atom is -0.381 e. The smallest absolute Gasteiger partial charge is 0.0953 e. The molecule has 0 aliphatic carbocycles. The predicted octanol–water partition coefficient (Wildman–Crippen LogP) is 3.30. The molecule has 1 fully saturated rings. The van der Waals surface area contributed by atoms with Crippen LogP contribution in [0.4, 0.5) is 0 Å². The Labute approximate surface area is 123 Å². The summed E-state index contributed by atoms with van der Waals surface area (Å²) >= 11 is 3.47. The first-order chi connectivity index (χ1) is 9.29. The van der Waals surface area contributed by atoms with Crippen molar-refractivity contribution in [3.63, 3.8) is 0 Å². The van der Waals surface area contributed by atoms with Crippen molar-refractivity contribution in [1.29, 1.82) is 0 Å². The highest BCUT2D eigenvalue weighted by Gasteiger charge is 2.20. The SMILES string of the molecule is CCNCC(OC1CCOCC1)c1ccc(Br)cc1. The van der Waals surface area contributed by atoms with Gasteiger partial charge in [0.15, 0.2) is 0 Å². The van der Waals surface area contributed by atoms with Gasteiger partial charge in [0, 0.05) is 24.2 Å². The Bertz CT molecular complexity index is 363. The van der Waals surface area contributed by atoms with Crippen LogP contribution in [0.2, 0.25) is 0 Å². The zero-order valence-corrected chi connectivity index (χ0v) is 13.0. The van der Waals surface area contributed by atoms with Crippen LogP contribution < -0.4 is 5.32 Å². The van der Waals surface area contributed by atoms with Crippen molar-refractivity contribution >= 4 is 15.9 Å². The van der Waals surface area contributed by atoms with Gasteiger partial charge in [-0.1, -0.05) is 35.0 Å². The summed E-state index contributed by atoms with van der Waals surface area (Å²) in [6.07, 6.45) is 2.44. The molecule has 1 heterocycles. The van der Waals surface area contributed by atoms with Crippen LogP contribution in [-0.4, -0.2) is 32.4 Å². The third-order valence-corrected chi connectivity index (χ3v) is 3.88. The lowest BCUT2D eigenvalue weighted by atomic mass is 10.1. The largest absolute Gasteiger partial charge is 0.381 e. The molecule has 4 heteroatoms. The quantitative estimate of drug-likeness (QED) is 0.869. The van der Waals surface area contributed by atoms with Gasteiger partial charge in [-0.3, -0.25) is 0 Å². The van der Waals surface area contributed by atoms with Crippen molar-refractivity contribution in [3.8, 4) is 0 Å². The molecule has 2 rings (SSSR count). The topological polar surface area (TPSA) is 30.5 Å². The number of hydrogen-bond acceptors (Lipinski definition) is 3.